The van der Waals surface area contributed by atoms with Crippen LogP contribution in [0.15, 0.2) is 24.5 Å². The van der Waals surface area contributed by atoms with Crippen molar-refractivity contribution in [3.8, 4) is 0 Å². The topological polar surface area (TPSA) is 29.9 Å². The van der Waals surface area contributed by atoms with Crippen molar-refractivity contribution in [1.82, 2.24) is 14.9 Å². The summed E-state index contributed by atoms with van der Waals surface area (Å²) in [4.78, 5) is 4.35. The van der Waals surface area contributed by atoms with Crippen LogP contribution < -0.4 is 5.32 Å². The third kappa shape index (κ3) is 2.57. The molecule has 0 spiro atoms. The number of fused-ring (bicyclic) bond motifs is 1. The number of aryl methyl sites for hydroxylation is 1. The van der Waals surface area contributed by atoms with Crippen LogP contribution in [0.1, 0.15) is 5.56 Å². The van der Waals surface area contributed by atoms with E-state index in [9.17, 15) is 0 Å². The van der Waals surface area contributed by atoms with Gasteiger partial charge in [-0.05, 0) is 30.7 Å². The lowest BCUT2D eigenvalue weighted by molar-refractivity contribution is 0.722. The van der Waals surface area contributed by atoms with E-state index in [1.165, 1.54) is 11.1 Å². The van der Waals surface area contributed by atoms with Gasteiger partial charge in [-0.25, -0.2) is 4.98 Å². The smallest absolute Gasteiger partial charge is 0.0955 e. The number of hydrogen-bond donors (Lipinski definition) is 2. The Morgan fingerprint density at radius 1 is 1.38 bits per heavy atom. The van der Waals surface area contributed by atoms with Crippen molar-refractivity contribution in [3.05, 3.63) is 30.1 Å². The molecule has 0 saturated heterocycles. The lowest BCUT2D eigenvalue weighted by Crippen LogP contribution is -2.19. The van der Waals surface area contributed by atoms with Gasteiger partial charge in [-0.2, -0.15) is 12.6 Å². The molecule has 0 radical (unpaired) electrons. The Morgan fingerprint density at radius 2 is 2.25 bits per heavy atom. The summed E-state index contributed by atoms with van der Waals surface area (Å²) in [7, 11) is 2.02. The molecule has 0 fully saturated rings. The van der Waals surface area contributed by atoms with E-state index in [1.807, 2.05) is 17.9 Å². The van der Waals surface area contributed by atoms with Crippen LogP contribution in [-0.2, 0) is 13.5 Å². The molecule has 1 heterocycles. The van der Waals surface area contributed by atoms with Crippen LogP contribution in [0.5, 0.6) is 0 Å². The molecular formula is C12H17N3S. The van der Waals surface area contributed by atoms with Crippen LogP contribution in [0.25, 0.3) is 11.0 Å². The second-order valence-corrected chi connectivity index (χ2v) is 4.35. The molecule has 2 aromatic rings. The predicted molar refractivity (Wildman–Crippen MR) is 71.1 cm³/mol. The molecule has 2 rings (SSSR count). The van der Waals surface area contributed by atoms with E-state index in [1.54, 1.807) is 0 Å². The number of aromatic nitrogens is 2. The van der Waals surface area contributed by atoms with Crippen molar-refractivity contribution in [2.24, 2.45) is 7.05 Å². The van der Waals surface area contributed by atoms with Crippen LogP contribution in [0, 0.1) is 0 Å². The predicted octanol–water partition coefficient (Wildman–Crippen LogP) is 1.64. The van der Waals surface area contributed by atoms with Crippen molar-refractivity contribution in [2.75, 3.05) is 18.8 Å². The van der Waals surface area contributed by atoms with E-state index in [2.05, 4.69) is 41.1 Å². The average molecular weight is 235 g/mol. The van der Waals surface area contributed by atoms with Crippen LogP contribution >= 0.6 is 12.6 Å². The summed E-state index contributed by atoms with van der Waals surface area (Å²) in [6.07, 6.45) is 2.90. The fourth-order valence-electron chi connectivity index (χ4n) is 1.77. The van der Waals surface area contributed by atoms with Gasteiger partial charge in [0.25, 0.3) is 0 Å². The minimum absolute atomic E-state index is 0.888. The van der Waals surface area contributed by atoms with Gasteiger partial charge in [0.05, 0.1) is 17.4 Å². The maximum atomic E-state index is 4.35. The van der Waals surface area contributed by atoms with Crippen molar-refractivity contribution in [3.63, 3.8) is 0 Å². The van der Waals surface area contributed by atoms with Gasteiger partial charge in [0, 0.05) is 19.3 Å². The third-order valence-corrected chi connectivity index (χ3v) is 2.89. The normalized spacial score (nSPS) is 11.1. The fraction of sp³-hybridized carbons (Fsp3) is 0.417. The Balaban J connectivity index is 2.02. The average Bonchev–Trinajstić information content (AvgIpc) is 2.66. The van der Waals surface area contributed by atoms with E-state index in [0.717, 1.165) is 30.8 Å². The lowest BCUT2D eigenvalue weighted by Gasteiger charge is -2.03. The maximum absolute atomic E-state index is 4.35. The second-order valence-electron chi connectivity index (χ2n) is 3.90. The highest BCUT2D eigenvalue weighted by Crippen LogP contribution is 2.13. The number of benzene rings is 1. The number of nitrogens with one attached hydrogen (secondary N) is 1. The Bertz CT molecular complexity index is 464. The van der Waals surface area contributed by atoms with Crippen molar-refractivity contribution >= 4 is 23.7 Å². The molecule has 16 heavy (non-hydrogen) atoms. The molecule has 0 bridgehead atoms. The summed E-state index contributed by atoms with van der Waals surface area (Å²) in [5, 5.41) is 3.33. The Hall–Kier alpha value is -1.00. The zero-order valence-electron chi connectivity index (χ0n) is 9.48. The van der Waals surface area contributed by atoms with Crippen molar-refractivity contribution < 1.29 is 0 Å². The zero-order valence-corrected chi connectivity index (χ0v) is 10.4. The quantitative estimate of drug-likeness (QED) is 0.609. The number of rotatable bonds is 5. The highest BCUT2D eigenvalue weighted by molar-refractivity contribution is 7.80. The Labute approximate surface area is 101 Å². The summed E-state index contributed by atoms with van der Waals surface area (Å²) < 4.78 is 2.04. The first kappa shape index (κ1) is 11.5. The van der Waals surface area contributed by atoms with Gasteiger partial charge in [0.1, 0.15) is 0 Å². The highest BCUT2D eigenvalue weighted by Gasteiger charge is 2.00. The summed E-state index contributed by atoms with van der Waals surface area (Å²) in [5.41, 5.74) is 3.60. The van der Waals surface area contributed by atoms with E-state index in [-0.39, 0.29) is 0 Å². The van der Waals surface area contributed by atoms with Gasteiger partial charge in [-0.15, -0.1) is 0 Å². The largest absolute Gasteiger partial charge is 0.334 e. The molecule has 0 saturated carbocycles. The highest BCUT2D eigenvalue weighted by atomic mass is 32.1. The van der Waals surface area contributed by atoms with E-state index in [0.29, 0.717) is 0 Å². The van der Waals surface area contributed by atoms with E-state index < -0.39 is 0 Å². The van der Waals surface area contributed by atoms with Gasteiger partial charge in [0.15, 0.2) is 0 Å². The standard InChI is InChI=1S/C12H17N3S/c1-15-9-14-11-8-10(2-3-12(11)15)4-5-13-6-7-16/h2-3,8-9,13,16H,4-7H2,1H3. The van der Waals surface area contributed by atoms with Gasteiger partial charge in [-0.1, -0.05) is 6.07 Å². The third-order valence-electron chi connectivity index (χ3n) is 2.67. The summed E-state index contributed by atoms with van der Waals surface area (Å²) >= 11 is 4.16. The van der Waals surface area contributed by atoms with Crippen molar-refractivity contribution in [1.29, 1.82) is 0 Å². The van der Waals surface area contributed by atoms with Crippen LogP contribution in [0.4, 0.5) is 0 Å². The number of imidazole rings is 1. The van der Waals surface area contributed by atoms with E-state index in [4.69, 9.17) is 0 Å². The second kappa shape index (κ2) is 5.37. The molecule has 1 N–H and O–H groups in total. The molecule has 1 aromatic heterocycles. The molecule has 0 aliphatic heterocycles. The maximum Gasteiger partial charge on any atom is 0.0955 e. The summed E-state index contributed by atoms with van der Waals surface area (Å²) in [5.74, 6) is 0.888. The first-order chi connectivity index (χ1) is 7.81. The molecule has 3 nitrogen and oxygen atoms in total. The van der Waals surface area contributed by atoms with E-state index >= 15 is 0 Å². The number of thiol groups is 1. The van der Waals surface area contributed by atoms with Crippen LogP contribution in [0.3, 0.4) is 0 Å². The molecular weight excluding hydrogens is 218 g/mol. The fourth-order valence-corrected chi connectivity index (χ4v) is 1.93. The molecule has 1 aromatic carbocycles. The first-order valence-electron chi connectivity index (χ1n) is 5.53. The lowest BCUT2D eigenvalue weighted by atomic mass is 10.1. The van der Waals surface area contributed by atoms with Crippen LogP contribution in [0.2, 0.25) is 0 Å². The molecule has 0 aliphatic carbocycles. The minimum atomic E-state index is 0.888. The zero-order chi connectivity index (χ0) is 11.4. The minimum Gasteiger partial charge on any atom is -0.334 e. The molecule has 0 atom stereocenters. The molecule has 0 aliphatic rings. The monoisotopic (exact) mass is 235 g/mol. The van der Waals surface area contributed by atoms with Gasteiger partial charge >= 0.3 is 0 Å². The van der Waals surface area contributed by atoms with Crippen LogP contribution in [-0.4, -0.2) is 28.4 Å². The first-order valence-corrected chi connectivity index (χ1v) is 6.16. The number of hydrogen-bond acceptors (Lipinski definition) is 3. The molecule has 4 heteroatoms. The molecule has 0 unspecified atom stereocenters. The SMILES string of the molecule is Cn1cnc2cc(CCNCCS)ccc21. The van der Waals surface area contributed by atoms with Gasteiger partial charge in [-0.3, -0.25) is 0 Å². The number of nitrogens with zero attached hydrogens (tertiary/aromatic N) is 2. The summed E-state index contributed by atoms with van der Waals surface area (Å²) in [6.45, 7) is 1.97. The molecule has 0 amide bonds. The Kier molecular flexibility index (Phi) is 3.85. The Morgan fingerprint density at radius 3 is 3.06 bits per heavy atom. The van der Waals surface area contributed by atoms with Gasteiger partial charge < -0.3 is 9.88 Å². The van der Waals surface area contributed by atoms with Crippen molar-refractivity contribution in [2.45, 2.75) is 6.42 Å². The van der Waals surface area contributed by atoms with Gasteiger partial charge in [0.2, 0.25) is 0 Å². The molecule has 86 valence electrons. The summed E-state index contributed by atoms with van der Waals surface area (Å²) in [6, 6.07) is 6.47.